The van der Waals surface area contributed by atoms with E-state index >= 15 is 0 Å². The molecule has 28 heavy (non-hydrogen) atoms. The molecule has 8 nitrogen and oxygen atoms in total. The predicted molar refractivity (Wildman–Crippen MR) is 97.2 cm³/mol. The average Bonchev–Trinajstić information content (AvgIpc) is 2.70. The van der Waals surface area contributed by atoms with Gasteiger partial charge in [0.1, 0.15) is 10.7 Å². The van der Waals surface area contributed by atoms with Crippen molar-refractivity contribution in [2.75, 3.05) is 33.3 Å². The lowest BCUT2D eigenvalue weighted by Gasteiger charge is -2.26. The summed E-state index contributed by atoms with van der Waals surface area (Å²) < 4.78 is 45.7. The van der Waals surface area contributed by atoms with Crippen LogP contribution >= 0.6 is 0 Å². The van der Waals surface area contributed by atoms with E-state index in [1.165, 1.54) is 16.3 Å². The highest BCUT2D eigenvalue weighted by atomic mass is 32.2. The molecule has 1 saturated heterocycles. The van der Waals surface area contributed by atoms with Crippen LogP contribution in [0.25, 0.3) is 0 Å². The van der Waals surface area contributed by atoms with Gasteiger partial charge in [-0.25, -0.2) is 17.6 Å². The van der Waals surface area contributed by atoms with Gasteiger partial charge in [-0.15, -0.1) is 0 Å². The number of benzene rings is 1. The lowest BCUT2D eigenvalue weighted by atomic mass is 10.2. The predicted octanol–water partition coefficient (Wildman–Crippen LogP) is 1.53. The van der Waals surface area contributed by atoms with Crippen LogP contribution in [0, 0.1) is 17.1 Å². The Morgan fingerprint density at radius 2 is 1.96 bits per heavy atom. The maximum absolute atomic E-state index is 14.2. The first-order valence-corrected chi connectivity index (χ1v) is 10.3. The van der Waals surface area contributed by atoms with Gasteiger partial charge in [0.25, 0.3) is 5.91 Å². The number of amides is 1. The Morgan fingerprint density at radius 1 is 1.29 bits per heavy atom. The Balaban J connectivity index is 2.10. The zero-order chi connectivity index (χ0) is 20.7. The summed E-state index contributed by atoms with van der Waals surface area (Å²) in [6.07, 6.45) is 2.46. The minimum atomic E-state index is -4.06. The first-order chi connectivity index (χ1) is 13.3. The number of esters is 1. The van der Waals surface area contributed by atoms with Crippen molar-refractivity contribution < 1.29 is 27.1 Å². The maximum Gasteiger partial charge on any atom is 0.338 e. The molecule has 0 radical (unpaired) electrons. The van der Waals surface area contributed by atoms with E-state index in [1.807, 2.05) is 6.07 Å². The van der Waals surface area contributed by atoms with Crippen LogP contribution in [0.1, 0.15) is 36.0 Å². The molecule has 0 spiro atoms. The molecule has 2 rings (SSSR count). The number of nitriles is 1. The molecule has 0 N–H and O–H groups in total. The topological polar surface area (TPSA) is 108 Å². The van der Waals surface area contributed by atoms with Crippen molar-refractivity contribution in [3.05, 3.63) is 29.6 Å². The minimum absolute atomic E-state index is 0.145. The van der Waals surface area contributed by atoms with E-state index in [9.17, 15) is 22.4 Å². The molecular formula is C18H22FN3O5S. The normalized spacial score (nSPS) is 14.9. The summed E-state index contributed by atoms with van der Waals surface area (Å²) in [6, 6.07) is 4.84. The number of rotatable bonds is 7. The number of ether oxygens (including phenoxy) is 1. The number of nitrogens with zero attached hydrogens (tertiary/aromatic N) is 3. The third-order valence-electron chi connectivity index (χ3n) is 4.41. The average molecular weight is 411 g/mol. The second-order valence-corrected chi connectivity index (χ2v) is 8.32. The van der Waals surface area contributed by atoms with E-state index in [0.717, 1.165) is 24.6 Å². The number of likely N-dealkylation sites (N-methyl/N-ethyl adjacent to an activating group) is 1. The Morgan fingerprint density at radius 3 is 2.61 bits per heavy atom. The molecule has 1 aromatic carbocycles. The summed E-state index contributed by atoms with van der Waals surface area (Å²) in [5, 5.41) is 8.52. The summed E-state index contributed by atoms with van der Waals surface area (Å²) in [7, 11) is -2.59. The second-order valence-electron chi connectivity index (χ2n) is 6.41. The molecule has 0 saturated carbocycles. The third-order valence-corrected chi connectivity index (χ3v) is 6.32. The van der Waals surface area contributed by atoms with Crippen molar-refractivity contribution in [2.24, 2.45) is 0 Å². The van der Waals surface area contributed by atoms with Crippen molar-refractivity contribution in [1.29, 1.82) is 5.26 Å². The van der Waals surface area contributed by atoms with E-state index in [4.69, 9.17) is 10.00 Å². The van der Waals surface area contributed by atoms with Crippen molar-refractivity contribution >= 4 is 21.9 Å². The molecule has 1 aromatic rings. The number of hydrogen-bond donors (Lipinski definition) is 0. The second kappa shape index (κ2) is 9.61. The molecule has 0 atom stereocenters. The molecule has 0 unspecified atom stereocenters. The maximum atomic E-state index is 14.2. The fraction of sp³-hybridized carbons (Fsp3) is 0.500. The zero-order valence-corrected chi connectivity index (χ0v) is 16.4. The quantitative estimate of drug-likeness (QED) is 0.630. The van der Waals surface area contributed by atoms with E-state index < -0.39 is 39.2 Å². The number of piperidine rings is 1. The minimum Gasteiger partial charge on any atom is -0.452 e. The van der Waals surface area contributed by atoms with Gasteiger partial charge in [0, 0.05) is 26.7 Å². The van der Waals surface area contributed by atoms with Crippen LogP contribution < -0.4 is 0 Å². The number of hydrogen-bond acceptors (Lipinski definition) is 6. The van der Waals surface area contributed by atoms with Crippen molar-refractivity contribution in [1.82, 2.24) is 9.21 Å². The highest BCUT2D eigenvalue weighted by Gasteiger charge is 2.29. The van der Waals surface area contributed by atoms with Gasteiger partial charge < -0.3 is 9.64 Å². The van der Waals surface area contributed by atoms with Crippen molar-refractivity contribution in [3.8, 4) is 6.07 Å². The molecule has 0 aromatic heterocycles. The van der Waals surface area contributed by atoms with Crippen LogP contribution in [0.4, 0.5) is 4.39 Å². The lowest BCUT2D eigenvalue weighted by Crippen LogP contribution is -2.36. The fourth-order valence-corrected chi connectivity index (χ4v) is 4.34. The van der Waals surface area contributed by atoms with E-state index in [0.29, 0.717) is 25.9 Å². The molecule has 10 heteroatoms. The highest BCUT2D eigenvalue weighted by molar-refractivity contribution is 7.89. The van der Waals surface area contributed by atoms with E-state index in [1.54, 1.807) is 0 Å². The lowest BCUT2D eigenvalue weighted by molar-refractivity contribution is -0.133. The Bertz CT molecular complexity index is 876. The molecule has 0 aliphatic carbocycles. The van der Waals surface area contributed by atoms with Crippen LogP contribution in [0.3, 0.4) is 0 Å². The smallest absolute Gasteiger partial charge is 0.338 e. The largest absolute Gasteiger partial charge is 0.452 e. The Labute approximate surface area is 163 Å². The third kappa shape index (κ3) is 5.27. The molecule has 1 fully saturated rings. The van der Waals surface area contributed by atoms with Gasteiger partial charge in [-0.2, -0.15) is 9.57 Å². The number of carbonyl (C=O) groups is 2. The summed E-state index contributed by atoms with van der Waals surface area (Å²) in [4.78, 5) is 24.7. The van der Waals surface area contributed by atoms with Crippen LogP contribution in [-0.2, 0) is 19.6 Å². The Hall–Kier alpha value is -2.51. The van der Waals surface area contributed by atoms with Crippen LogP contribution in [0.5, 0.6) is 0 Å². The first-order valence-electron chi connectivity index (χ1n) is 8.85. The van der Waals surface area contributed by atoms with Gasteiger partial charge >= 0.3 is 5.97 Å². The van der Waals surface area contributed by atoms with Crippen LogP contribution in [-0.4, -0.2) is 62.8 Å². The summed E-state index contributed by atoms with van der Waals surface area (Å²) >= 11 is 0. The van der Waals surface area contributed by atoms with Crippen molar-refractivity contribution in [3.63, 3.8) is 0 Å². The van der Waals surface area contributed by atoms with Gasteiger partial charge in [0.15, 0.2) is 6.61 Å². The van der Waals surface area contributed by atoms with E-state index in [2.05, 4.69) is 0 Å². The standard InChI is InChI=1S/C18H22FN3O5S/c1-21(9-5-8-20)17(23)13-27-18(24)14-6-7-15(19)16(12-14)28(25,26)22-10-3-2-4-11-22/h6-7,12H,2-5,9-11,13H2,1H3. The summed E-state index contributed by atoms with van der Waals surface area (Å²) in [5.41, 5.74) is -0.163. The summed E-state index contributed by atoms with van der Waals surface area (Å²) in [5.74, 6) is -2.39. The number of halogens is 1. The molecule has 152 valence electrons. The molecule has 1 heterocycles. The van der Waals surface area contributed by atoms with Gasteiger partial charge in [0.2, 0.25) is 10.0 Å². The fourth-order valence-electron chi connectivity index (χ4n) is 2.74. The number of sulfonamides is 1. The molecule has 1 amide bonds. The highest BCUT2D eigenvalue weighted by Crippen LogP contribution is 2.24. The van der Waals surface area contributed by atoms with Crippen molar-refractivity contribution in [2.45, 2.75) is 30.6 Å². The molecule has 0 bridgehead atoms. The Kier molecular flexibility index (Phi) is 7.48. The van der Waals surface area contributed by atoms with Gasteiger partial charge in [-0.1, -0.05) is 6.42 Å². The van der Waals surface area contributed by atoms with Crippen LogP contribution in [0.2, 0.25) is 0 Å². The molecular weight excluding hydrogens is 389 g/mol. The van der Waals surface area contributed by atoms with Gasteiger partial charge in [-0.3, -0.25) is 4.79 Å². The summed E-state index contributed by atoms with van der Waals surface area (Å²) in [6.45, 7) is 0.244. The van der Waals surface area contributed by atoms with Gasteiger partial charge in [0.05, 0.1) is 18.1 Å². The van der Waals surface area contributed by atoms with Gasteiger partial charge in [-0.05, 0) is 31.0 Å². The molecule has 1 aliphatic heterocycles. The first kappa shape index (κ1) is 21.8. The van der Waals surface area contributed by atoms with Crippen LogP contribution in [0.15, 0.2) is 23.1 Å². The number of carbonyl (C=O) groups excluding carboxylic acids is 2. The zero-order valence-electron chi connectivity index (χ0n) is 15.6. The monoisotopic (exact) mass is 411 g/mol. The van der Waals surface area contributed by atoms with E-state index in [-0.39, 0.29) is 18.5 Å². The SMILES string of the molecule is CN(CCC#N)C(=O)COC(=O)c1ccc(F)c(S(=O)(=O)N2CCCCC2)c1. The molecule has 1 aliphatic rings.